The van der Waals surface area contributed by atoms with E-state index in [1.807, 2.05) is 0 Å². The second-order valence-corrected chi connectivity index (χ2v) is 7.10. The van der Waals surface area contributed by atoms with Crippen molar-refractivity contribution < 1.29 is 9.90 Å². The summed E-state index contributed by atoms with van der Waals surface area (Å²) >= 11 is 0. The maximum atomic E-state index is 10.7. The minimum Gasteiger partial charge on any atom is -0.465 e. The average Bonchev–Trinajstić information content (AvgIpc) is 3.34. The van der Waals surface area contributed by atoms with Gasteiger partial charge >= 0.3 is 6.09 Å². The molecular formula is C20H29ClN2O2. The maximum Gasteiger partial charge on any atom is 0.404 e. The number of hydrogen-bond acceptors (Lipinski definition) is 2. The Morgan fingerprint density at radius 2 is 1.80 bits per heavy atom. The number of benzene rings is 1. The monoisotopic (exact) mass is 364 g/mol. The van der Waals surface area contributed by atoms with Crippen LogP contribution in [0.15, 0.2) is 35.9 Å². The van der Waals surface area contributed by atoms with Crippen molar-refractivity contribution in [1.82, 2.24) is 10.6 Å². The summed E-state index contributed by atoms with van der Waals surface area (Å²) in [5.41, 5.74) is 2.83. The van der Waals surface area contributed by atoms with Crippen molar-refractivity contribution in [3.05, 3.63) is 41.5 Å². The Kier molecular flexibility index (Phi) is 7.33. The standard InChI is InChI=1S/C20H28N2O2.ClH/c1-2-15(12-14-6-4-3-5-7-14)18-13-19(18)21-16-8-10-17(11-9-16)22-20(23)24;/h3-7,12,16-19,21-22H,2,8-11,13H2,1H3,(H,23,24);1H/b15-12+;/t16-,17+,18?,19?;. The van der Waals surface area contributed by atoms with E-state index < -0.39 is 6.09 Å². The normalized spacial score (nSPS) is 28.8. The van der Waals surface area contributed by atoms with E-state index in [1.165, 1.54) is 12.0 Å². The molecule has 5 heteroatoms. The lowest BCUT2D eigenvalue weighted by molar-refractivity contribution is 0.183. The summed E-state index contributed by atoms with van der Waals surface area (Å²) in [6, 6.07) is 11.8. The van der Waals surface area contributed by atoms with Gasteiger partial charge in [0.05, 0.1) is 0 Å². The van der Waals surface area contributed by atoms with Gasteiger partial charge in [0, 0.05) is 18.1 Å². The van der Waals surface area contributed by atoms with Crippen LogP contribution in [-0.4, -0.2) is 29.3 Å². The van der Waals surface area contributed by atoms with E-state index in [9.17, 15) is 4.79 Å². The van der Waals surface area contributed by atoms with Crippen LogP contribution < -0.4 is 10.6 Å². The van der Waals surface area contributed by atoms with Crippen molar-refractivity contribution in [2.45, 2.75) is 63.6 Å². The van der Waals surface area contributed by atoms with Gasteiger partial charge in [-0.2, -0.15) is 0 Å². The van der Waals surface area contributed by atoms with Crippen molar-refractivity contribution in [3.63, 3.8) is 0 Å². The predicted molar refractivity (Wildman–Crippen MR) is 104 cm³/mol. The molecule has 0 spiro atoms. The van der Waals surface area contributed by atoms with Gasteiger partial charge in [0.15, 0.2) is 0 Å². The molecule has 2 fully saturated rings. The van der Waals surface area contributed by atoms with Gasteiger partial charge in [0.1, 0.15) is 0 Å². The molecule has 1 aromatic rings. The molecular weight excluding hydrogens is 336 g/mol. The van der Waals surface area contributed by atoms with E-state index in [-0.39, 0.29) is 18.4 Å². The van der Waals surface area contributed by atoms with Gasteiger partial charge in [-0.15, -0.1) is 12.4 Å². The van der Waals surface area contributed by atoms with Crippen LogP contribution in [0.2, 0.25) is 0 Å². The molecule has 2 unspecified atom stereocenters. The lowest BCUT2D eigenvalue weighted by Crippen LogP contribution is -2.42. The molecule has 0 aliphatic heterocycles. The van der Waals surface area contributed by atoms with Crippen LogP contribution in [0.25, 0.3) is 6.08 Å². The first-order valence-corrected chi connectivity index (χ1v) is 9.16. The number of nitrogens with one attached hydrogen (secondary N) is 2. The zero-order valence-corrected chi connectivity index (χ0v) is 15.6. The third kappa shape index (κ3) is 5.75. The fourth-order valence-electron chi connectivity index (χ4n) is 3.91. The second-order valence-electron chi connectivity index (χ2n) is 7.10. The zero-order chi connectivity index (χ0) is 16.9. The first kappa shape index (κ1) is 19.8. The predicted octanol–water partition coefficient (Wildman–Crippen LogP) is 4.46. The molecule has 2 aliphatic carbocycles. The van der Waals surface area contributed by atoms with E-state index in [1.54, 1.807) is 5.57 Å². The number of amides is 1. The molecule has 1 amide bonds. The molecule has 4 nitrogen and oxygen atoms in total. The van der Waals surface area contributed by atoms with Crippen LogP contribution in [0.4, 0.5) is 4.79 Å². The minimum atomic E-state index is -0.896. The summed E-state index contributed by atoms with van der Waals surface area (Å²) in [6.45, 7) is 2.24. The number of carbonyl (C=O) groups is 1. The summed E-state index contributed by atoms with van der Waals surface area (Å²) in [5.74, 6) is 0.671. The van der Waals surface area contributed by atoms with Crippen LogP contribution in [0.5, 0.6) is 0 Å². The van der Waals surface area contributed by atoms with Gasteiger partial charge in [-0.1, -0.05) is 48.9 Å². The van der Waals surface area contributed by atoms with Crippen LogP contribution in [0.1, 0.15) is 51.0 Å². The average molecular weight is 365 g/mol. The third-order valence-corrected chi connectivity index (χ3v) is 5.33. The molecule has 3 rings (SSSR count). The van der Waals surface area contributed by atoms with Gasteiger partial charge < -0.3 is 15.7 Å². The summed E-state index contributed by atoms with van der Waals surface area (Å²) in [6.07, 6.45) is 7.82. The summed E-state index contributed by atoms with van der Waals surface area (Å²) in [7, 11) is 0. The number of carboxylic acid groups (broad SMARTS) is 1. The molecule has 0 aromatic heterocycles. The highest BCUT2D eigenvalue weighted by Crippen LogP contribution is 2.40. The number of rotatable bonds is 6. The van der Waals surface area contributed by atoms with Gasteiger partial charge in [-0.05, 0) is 50.0 Å². The van der Waals surface area contributed by atoms with E-state index >= 15 is 0 Å². The lowest BCUT2D eigenvalue weighted by Gasteiger charge is -2.29. The SMILES string of the molecule is CC/C(=C\c1ccccc1)C1CC1N[C@H]1CC[C@@H](NC(=O)O)CC1.Cl. The fourth-order valence-corrected chi connectivity index (χ4v) is 3.91. The number of hydrogen-bond donors (Lipinski definition) is 3. The molecule has 0 saturated heterocycles. The Balaban J connectivity index is 0.00000225. The Morgan fingerprint density at radius 3 is 2.40 bits per heavy atom. The van der Waals surface area contributed by atoms with Crippen molar-refractivity contribution in [2.24, 2.45) is 5.92 Å². The van der Waals surface area contributed by atoms with Crippen LogP contribution in [0.3, 0.4) is 0 Å². The highest BCUT2D eigenvalue weighted by Gasteiger charge is 2.40. The van der Waals surface area contributed by atoms with E-state index in [4.69, 9.17) is 5.11 Å². The summed E-state index contributed by atoms with van der Waals surface area (Å²) < 4.78 is 0. The van der Waals surface area contributed by atoms with E-state index in [0.29, 0.717) is 18.0 Å². The summed E-state index contributed by atoms with van der Waals surface area (Å²) in [5, 5.41) is 15.2. The molecule has 0 radical (unpaired) electrons. The van der Waals surface area contributed by atoms with Crippen molar-refractivity contribution in [2.75, 3.05) is 0 Å². The molecule has 2 saturated carbocycles. The molecule has 3 N–H and O–H groups in total. The van der Waals surface area contributed by atoms with Crippen molar-refractivity contribution in [1.29, 1.82) is 0 Å². The van der Waals surface area contributed by atoms with Crippen molar-refractivity contribution in [3.8, 4) is 0 Å². The fraction of sp³-hybridized carbons (Fsp3) is 0.550. The third-order valence-electron chi connectivity index (χ3n) is 5.33. The van der Waals surface area contributed by atoms with Crippen LogP contribution >= 0.6 is 12.4 Å². The molecule has 2 atom stereocenters. The Hall–Kier alpha value is -1.52. The summed E-state index contributed by atoms with van der Waals surface area (Å²) in [4.78, 5) is 10.7. The molecule has 0 bridgehead atoms. The number of halogens is 1. The van der Waals surface area contributed by atoms with E-state index in [2.05, 4.69) is 54.0 Å². The van der Waals surface area contributed by atoms with E-state index in [0.717, 1.165) is 32.1 Å². The second kappa shape index (κ2) is 9.25. The zero-order valence-electron chi connectivity index (χ0n) is 14.8. The molecule has 138 valence electrons. The van der Waals surface area contributed by atoms with Gasteiger partial charge in [-0.25, -0.2) is 4.79 Å². The highest BCUT2D eigenvalue weighted by molar-refractivity contribution is 5.85. The van der Waals surface area contributed by atoms with Crippen LogP contribution in [-0.2, 0) is 0 Å². The Bertz CT molecular complexity index is 583. The maximum absolute atomic E-state index is 10.7. The van der Waals surface area contributed by atoms with Crippen LogP contribution in [0, 0.1) is 5.92 Å². The lowest BCUT2D eigenvalue weighted by atomic mass is 9.91. The van der Waals surface area contributed by atoms with Crippen molar-refractivity contribution >= 4 is 24.6 Å². The first-order chi connectivity index (χ1) is 11.7. The highest BCUT2D eigenvalue weighted by atomic mass is 35.5. The smallest absolute Gasteiger partial charge is 0.404 e. The van der Waals surface area contributed by atoms with Gasteiger partial charge in [-0.3, -0.25) is 0 Å². The quantitative estimate of drug-likeness (QED) is 0.698. The molecule has 1 aromatic carbocycles. The topological polar surface area (TPSA) is 61.4 Å². The molecule has 2 aliphatic rings. The van der Waals surface area contributed by atoms with Gasteiger partial charge in [0.25, 0.3) is 0 Å². The minimum absolute atomic E-state index is 0. The Morgan fingerprint density at radius 1 is 1.16 bits per heavy atom. The molecule has 0 heterocycles. The molecule has 25 heavy (non-hydrogen) atoms. The largest absolute Gasteiger partial charge is 0.465 e. The first-order valence-electron chi connectivity index (χ1n) is 9.16. The van der Waals surface area contributed by atoms with Gasteiger partial charge in [0.2, 0.25) is 0 Å². The Labute approximate surface area is 156 Å².